The summed E-state index contributed by atoms with van der Waals surface area (Å²) < 4.78 is 26.2. The fourth-order valence-electron chi connectivity index (χ4n) is 8.43. The number of rotatable bonds is 11. The zero-order valence-corrected chi connectivity index (χ0v) is 54.7. The van der Waals surface area contributed by atoms with Crippen LogP contribution in [0.2, 0.25) is 0 Å². The molecule has 5 heteroatoms. The van der Waals surface area contributed by atoms with Crippen molar-refractivity contribution in [1.82, 2.24) is 0 Å². The Morgan fingerprint density at radius 2 is 0.769 bits per heavy atom. The molecule has 0 bridgehead atoms. The Morgan fingerprint density at radius 1 is 0.410 bits per heavy atom. The van der Waals surface area contributed by atoms with E-state index in [1.165, 1.54) is 50.9 Å². The molecule has 0 fully saturated rings. The van der Waals surface area contributed by atoms with E-state index in [-0.39, 0.29) is 44.7 Å². The predicted octanol–water partition coefficient (Wildman–Crippen LogP) is 21.6. The minimum absolute atomic E-state index is 0.00403. The van der Waals surface area contributed by atoms with E-state index < -0.39 is 8.38 Å². The highest BCUT2D eigenvalue weighted by Crippen LogP contribution is 2.48. The lowest BCUT2D eigenvalue weighted by atomic mass is 9.80. The van der Waals surface area contributed by atoms with E-state index >= 15 is 0 Å². The first-order valence-corrected chi connectivity index (χ1v) is 30.1. The summed E-state index contributed by atoms with van der Waals surface area (Å²) in [5.74, 6) is 3.54. The van der Waals surface area contributed by atoms with Gasteiger partial charge in [-0.25, -0.2) is 0 Å². The molecule has 0 aromatic heterocycles. The predicted molar refractivity (Wildman–Crippen MR) is 344 cm³/mol. The summed E-state index contributed by atoms with van der Waals surface area (Å²) in [5, 5.41) is 1.02. The second-order valence-corrected chi connectivity index (χ2v) is 29.0. The van der Waals surface area contributed by atoms with Crippen LogP contribution in [0.5, 0.6) is 23.0 Å². The Bertz CT molecular complexity index is 2740. The molecule has 4 nitrogen and oxygen atoms in total. The lowest BCUT2D eigenvalue weighted by Gasteiger charge is -2.30. The van der Waals surface area contributed by atoms with Gasteiger partial charge in [0.2, 0.25) is 6.79 Å². The second kappa shape index (κ2) is 27.7. The molecule has 0 atom stereocenters. The van der Waals surface area contributed by atoms with Crippen molar-refractivity contribution in [2.75, 3.05) is 6.79 Å². The smallest absolute Gasteiger partial charge is 0.326 e. The van der Waals surface area contributed by atoms with Gasteiger partial charge in [0.05, 0.1) is 5.30 Å². The van der Waals surface area contributed by atoms with Crippen molar-refractivity contribution < 1.29 is 18.5 Å². The average Bonchev–Trinajstić information content (AvgIpc) is 3.63. The molecular weight excluding hydrogens is 972 g/mol. The maximum absolute atomic E-state index is 6.99. The summed E-state index contributed by atoms with van der Waals surface area (Å²) in [6, 6.07) is 35.0. The Morgan fingerprint density at radius 3 is 1.14 bits per heavy atom. The molecule has 0 saturated carbocycles. The molecule has 426 valence electrons. The first kappa shape index (κ1) is 67.0. The Kier molecular flexibility index (Phi) is 23.8. The quantitative estimate of drug-likeness (QED) is 0.0750. The van der Waals surface area contributed by atoms with Crippen LogP contribution < -0.4 is 23.8 Å². The van der Waals surface area contributed by atoms with Crippen molar-refractivity contribution in [3.63, 3.8) is 0 Å². The molecule has 78 heavy (non-hydrogen) atoms. The highest BCUT2D eigenvalue weighted by molar-refractivity contribution is 7.56. The number of benzene rings is 5. The number of hydrogen-bond acceptors (Lipinski definition) is 4. The summed E-state index contributed by atoms with van der Waals surface area (Å²) in [4.78, 5) is 0. The normalized spacial score (nSPS) is 13.0. The van der Waals surface area contributed by atoms with Crippen LogP contribution in [0.4, 0.5) is 0 Å². The van der Waals surface area contributed by atoms with Crippen molar-refractivity contribution in [3.05, 3.63) is 183 Å². The molecule has 0 heterocycles. The van der Waals surface area contributed by atoms with Gasteiger partial charge in [0.1, 0.15) is 23.0 Å². The van der Waals surface area contributed by atoms with Gasteiger partial charge < -0.3 is 18.5 Å². The third-order valence-electron chi connectivity index (χ3n) is 13.3. The zero-order valence-electron chi connectivity index (χ0n) is 53.8. The average molecular weight is 1080 g/mol. The molecule has 5 aromatic carbocycles. The largest absolute Gasteiger partial charge is 0.457 e. The van der Waals surface area contributed by atoms with Crippen molar-refractivity contribution in [1.29, 1.82) is 0 Å². The molecule has 1 aliphatic carbocycles. The fraction of sp³-hybridized carbons (Fsp3) is 0.493. The Balaban J connectivity index is 0.000000407. The van der Waals surface area contributed by atoms with Gasteiger partial charge in [0.15, 0.2) is 0 Å². The first-order chi connectivity index (χ1) is 36.0. The maximum Gasteiger partial charge on any atom is 0.326 e. The van der Waals surface area contributed by atoms with E-state index in [1.807, 2.05) is 32.1 Å². The third kappa shape index (κ3) is 19.8. The minimum atomic E-state index is -1.51. The van der Waals surface area contributed by atoms with Crippen LogP contribution in [0.15, 0.2) is 133 Å². The minimum Gasteiger partial charge on any atom is -0.457 e. The van der Waals surface area contributed by atoms with Gasteiger partial charge in [0, 0.05) is 11.1 Å². The van der Waals surface area contributed by atoms with E-state index in [4.69, 9.17) is 18.5 Å². The van der Waals surface area contributed by atoms with Gasteiger partial charge in [-0.3, -0.25) is 0 Å². The van der Waals surface area contributed by atoms with Gasteiger partial charge in [-0.2, -0.15) is 0 Å². The monoisotopic (exact) mass is 1080 g/mol. The SMILES string of the molecule is CC.CC(C)(C)c1ccc(OP(Oc2ccc(C(C)(C)C)cc2C(C)(C)C)c2ccc(C3=CC=C=CC=C3)cc2)c(C(C)(C)C)c1.CCC.CCc1ccc(OCOc2ccc(C(C)(C)C)cc2C(C)(C)C)c(C(C)(C)C)c1. The molecule has 0 spiro atoms. The number of allylic oxidation sites excluding steroid dienone is 5. The third-order valence-corrected chi connectivity index (χ3v) is 14.7. The summed E-state index contributed by atoms with van der Waals surface area (Å²) >= 11 is 0. The maximum atomic E-state index is 6.99. The molecule has 1 aliphatic rings. The molecule has 0 radical (unpaired) electrons. The van der Waals surface area contributed by atoms with Gasteiger partial charge in [-0.05, 0) is 143 Å². The Labute approximate surface area is 479 Å². The van der Waals surface area contributed by atoms with Crippen molar-refractivity contribution >= 4 is 19.3 Å². The van der Waals surface area contributed by atoms with Crippen molar-refractivity contribution in [3.8, 4) is 23.0 Å². The highest BCUT2D eigenvalue weighted by atomic mass is 31.2. The van der Waals surface area contributed by atoms with Crippen LogP contribution in [-0.2, 0) is 44.3 Å². The zero-order chi connectivity index (χ0) is 59.2. The number of hydrogen-bond donors (Lipinski definition) is 0. The van der Waals surface area contributed by atoms with Gasteiger partial charge in [-0.15, -0.1) is 5.73 Å². The van der Waals surface area contributed by atoms with Gasteiger partial charge >= 0.3 is 8.38 Å². The van der Waals surface area contributed by atoms with Crippen LogP contribution in [0.25, 0.3) is 5.57 Å². The van der Waals surface area contributed by atoms with E-state index in [0.717, 1.165) is 45.9 Å². The second-order valence-electron chi connectivity index (χ2n) is 27.6. The van der Waals surface area contributed by atoms with Gasteiger partial charge in [0.25, 0.3) is 0 Å². The number of aryl methyl sites for hydroxylation is 1. The first-order valence-electron chi connectivity index (χ1n) is 28.9. The molecular formula is C73H105O4P. The summed E-state index contributed by atoms with van der Waals surface area (Å²) in [6.45, 7) is 57.7. The lowest BCUT2D eigenvalue weighted by molar-refractivity contribution is 0.115. The van der Waals surface area contributed by atoms with Crippen LogP contribution in [0.3, 0.4) is 0 Å². The van der Waals surface area contributed by atoms with Gasteiger partial charge in [-0.1, -0.05) is 259 Å². The molecule has 0 N–H and O–H groups in total. The van der Waals surface area contributed by atoms with Crippen LogP contribution in [0, 0.1) is 0 Å². The van der Waals surface area contributed by atoms with Crippen LogP contribution >= 0.6 is 8.38 Å². The van der Waals surface area contributed by atoms with E-state index in [9.17, 15) is 0 Å². The van der Waals surface area contributed by atoms with E-state index in [0.29, 0.717) is 0 Å². The topological polar surface area (TPSA) is 36.9 Å². The molecule has 0 unspecified atom stereocenters. The molecule has 0 aliphatic heterocycles. The van der Waals surface area contributed by atoms with Crippen molar-refractivity contribution in [2.45, 2.75) is 231 Å². The highest BCUT2D eigenvalue weighted by Gasteiger charge is 2.30. The molecule has 6 rings (SSSR count). The summed E-state index contributed by atoms with van der Waals surface area (Å²) in [6.07, 6.45) is 12.4. The van der Waals surface area contributed by atoms with E-state index in [1.54, 1.807) is 0 Å². The standard InChI is InChI=1S/C41H51O2P.C27H40O2.C3H8.C2H6/c1-38(2,3)31-21-25-36(34(27-31)40(7,8)9)42-44(33-23-19-30(20-24-33)29-17-15-13-14-16-18-29)43-37-26-22-32(39(4,5)6)28-35(37)41(10,11)12;1-11-19-12-14-23(21(16-19)26(5,6)7)28-18-29-24-15-13-20(25(2,3)4)17-22(24)27(8,9)10;1-3-2;1-2/h13,15-28H,1-12H3;12-17H,11,18H2,1-10H3;3H2,1-2H3;1-2H3. The Hall–Kier alpha value is -5.27. The lowest BCUT2D eigenvalue weighted by Crippen LogP contribution is -2.20. The fourth-order valence-corrected chi connectivity index (χ4v) is 9.74. The molecule has 0 saturated heterocycles. The van der Waals surface area contributed by atoms with Crippen molar-refractivity contribution in [2.24, 2.45) is 0 Å². The molecule has 0 amide bonds. The number of ether oxygens (including phenoxy) is 2. The summed E-state index contributed by atoms with van der Waals surface area (Å²) in [7, 11) is -1.51. The van der Waals surface area contributed by atoms with Crippen LogP contribution in [-0.4, -0.2) is 6.79 Å². The summed E-state index contributed by atoms with van der Waals surface area (Å²) in [5.41, 5.74) is 15.5. The molecule has 5 aromatic rings. The van der Waals surface area contributed by atoms with Crippen LogP contribution in [0.1, 0.15) is 237 Å². The van der Waals surface area contributed by atoms with E-state index in [2.05, 4.69) is 281 Å².